The number of aliphatic carboxylic acids is 1. The number of hydroxylamine groups is 2. The average Bonchev–Trinajstić information content (AvgIpc) is 2.69. The Morgan fingerprint density at radius 3 is 2.60 bits per heavy atom. The summed E-state index contributed by atoms with van der Waals surface area (Å²) < 4.78 is 0. The highest BCUT2D eigenvalue weighted by Gasteiger charge is 2.36. The van der Waals surface area contributed by atoms with Gasteiger partial charge in [0, 0.05) is 12.8 Å². The van der Waals surface area contributed by atoms with Crippen molar-refractivity contribution in [2.75, 3.05) is 0 Å². The van der Waals surface area contributed by atoms with Crippen molar-refractivity contribution in [1.82, 2.24) is 5.06 Å². The van der Waals surface area contributed by atoms with Gasteiger partial charge in [-0.05, 0) is 32.6 Å². The first-order valence-electron chi connectivity index (χ1n) is 6.85. The van der Waals surface area contributed by atoms with Crippen LogP contribution in [0.15, 0.2) is 12.2 Å². The number of carboxylic acids is 1. The molecule has 20 heavy (non-hydrogen) atoms. The lowest BCUT2D eigenvalue weighted by Gasteiger charge is -2.28. The number of carbonyl (C=O) groups is 3. The van der Waals surface area contributed by atoms with Gasteiger partial charge in [0.05, 0.1) is 5.41 Å². The van der Waals surface area contributed by atoms with Gasteiger partial charge in [-0.2, -0.15) is 5.06 Å². The van der Waals surface area contributed by atoms with E-state index in [9.17, 15) is 19.5 Å². The summed E-state index contributed by atoms with van der Waals surface area (Å²) in [6.45, 7) is 1.72. The summed E-state index contributed by atoms with van der Waals surface area (Å²) in [7, 11) is 0. The van der Waals surface area contributed by atoms with Crippen molar-refractivity contribution in [2.45, 2.75) is 51.6 Å². The first-order chi connectivity index (χ1) is 9.42. The molecule has 0 radical (unpaired) electrons. The normalized spacial score (nSPS) is 32.9. The second kappa shape index (κ2) is 5.75. The molecular weight excluding hydrogens is 262 g/mol. The van der Waals surface area contributed by atoms with Crippen LogP contribution < -0.4 is 0 Å². The van der Waals surface area contributed by atoms with Crippen LogP contribution in [0.25, 0.3) is 0 Å². The quantitative estimate of drug-likeness (QED) is 0.628. The summed E-state index contributed by atoms with van der Waals surface area (Å²) in [5, 5.41) is 10.1. The third kappa shape index (κ3) is 3.07. The Morgan fingerprint density at radius 1 is 1.35 bits per heavy atom. The Kier molecular flexibility index (Phi) is 4.23. The summed E-state index contributed by atoms with van der Waals surface area (Å²) in [6, 6.07) is 0. The molecule has 0 aromatic rings. The fourth-order valence-electron chi connectivity index (χ4n) is 2.44. The third-order valence-corrected chi connectivity index (χ3v) is 3.96. The maximum Gasteiger partial charge on any atom is 0.309 e. The van der Waals surface area contributed by atoms with Crippen LogP contribution in [0.1, 0.15) is 45.4 Å². The van der Waals surface area contributed by atoms with Gasteiger partial charge in [0.25, 0.3) is 11.8 Å². The van der Waals surface area contributed by atoms with Crippen molar-refractivity contribution in [3.63, 3.8) is 0 Å². The van der Waals surface area contributed by atoms with Crippen molar-refractivity contribution < 1.29 is 24.3 Å². The maximum absolute atomic E-state index is 11.5. The zero-order valence-electron chi connectivity index (χ0n) is 11.5. The molecule has 2 aliphatic rings. The second-order valence-corrected chi connectivity index (χ2v) is 5.60. The molecule has 1 aliphatic heterocycles. The van der Waals surface area contributed by atoms with Crippen molar-refractivity contribution in [2.24, 2.45) is 5.41 Å². The molecule has 0 aromatic heterocycles. The summed E-state index contributed by atoms with van der Waals surface area (Å²) in [6.07, 6.45) is 5.74. The van der Waals surface area contributed by atoms with E-state index in [0.29, 0.717) is 25.7 Å². The van der Waals surface area contributed by atoms with Crippen molar-refractivity contribution in [3.8, 4) is 0 Å². The van der Waals surface area contributed by atoms with Crippen LogP contribution in [-0.4, -0.2) is 34.1 Å². The number of amides is 2. The van der Waals surface area contributed by atoms with Crippen LogP contribution in [-0.2, 0) is 19.2 Å². The Bertz CT molecular complexity index is 442. The number of hydrogen-bond donors (Lipinski definition) is 1. The smallest absolute Gasteiger partial charge is 0.309 e. The fourth-order valence-corrected chi connectivity index (χ4v) is 2.44. The molecule has 1 heterocycles. The maximum atomic E-state index is 11.5. The van der Waals surface area contributed by atoms with Gasteiger partial charge in [0.2, 0.25) is 0 Å². The van der Waals surface area contributed by atoms with Gasteiger partial charge >= 0.3 is 5.97 Å². The molecule has 2 rings (SSSR count). The second-order valence-electron chi connectivity index (χ2n) is 5.60. The van der Waals surface area contributed by atoms with Crippen LogP contribution in [0.4, 0.5) is 0 Å². The molecule has 6 heteroatoms. The molecule has 110 valence electrons. The van der Waals surface area contributed by atoms with Crippen LogP contribution in [0, 0.1) is 5.41 Å². The molecule has 1 aliphatic carbocycles. The van der Waals surface area contributed by atoms with E-state index < -0.39 is 17.5 Å². The monoisotopic (exact) mass is 281 g/mol. The van der Waals surface area contributed by atoms with E-state index in [1.807, 2.05) is 6.08 Å². The van der Waals surface area contributed by atoms with Crippen LogP contribution in [0.3, 0.4) is 0 Å². The number of rotatable bonds is 3. The predicted octanol–water partition coefficient (Wildman–Crippen LogP) is 1.66. The minimum absolute atomic E-state index is 0.183. The predicted molar refractivity (Wildman–Crippen MR) is 69.3 cm³/mol. The van der Waals surface area contributed by atoms with E-state index in [2.05, 4.69) is 0 Å². The van der Waals surface area contributed by atoms with Gasteiger partial charge in [-0.1, -0.05) is 12.2 Å². The van der Waals surface area contributed by atoms with Gasteiger partial charge in [-0.25, -0.2) is 0 Å². The zero-order chi connectivity index (χ0) is 14.8. The highest BCUT2D eigenvalue weighted by atomic mass is 16.7. The molecule has 0 aromatic carbocycles. The number of imide groups is 1. The Morgan fingerprint density at radius 2 is 2.00 bits per heavy atom. The highest BCUT2D eigenvalue weighted by Crippen LogP contribution is 2.33. The summed E-state index contributed by atoms with van der Waals surface area (Å²) >= 11 is 0. The van der Waals surface area contributed by atoms with E-state index in [1.165, 1.54) is 0 Å². The molecule has 1 N–H and O–H groups in total. The minimum Gasteiger partial charge on any atom is -0.481 e. The molecule has 2 amide bonds. The van der Waals surface area contributed by atoms with Crippen molar-refractivity contribution in [1.29, 1.82) is 0 Å². The lowest BCUT2D eigenvalue weighted by molar-refractivity contribution is -0.198. The van der Waals surface area contributed by atoms with Gasteiger partial charge in [0.1, 0.15) is 6.10 Å². The Hall–Kier alpha value is -1.69. The van der Waals surface area contributed by atoms with Crippen LogP contribution in [0.2, 0.25) is 0 Å². The standard InChI is InChI=1S/C14H19NO5/c1-14(13(18)19)8-3-2-4-10(7-9-14)20-15-11(16)5-6-12(15)17/h2,4,10H,3,5-9H2,1H3,(H,18,19)/b4-2+/t10-,14+/m0/s1. The van der Waals surface area contributed by atoms with Crippen LogP contribution in [0.5, 0.6) is 0 Å². The van der Waals surface area contributed by atoms with E-state index >= 15 is 0 Å². The third-order valence-electron chi connectivity index (χ3n) is 3.96. The lowest BCUT2D eigenvalue weighted by atomic mass is 9.79. The SMILES string of the molecule is C[C@@]1(C(=O)O)CC/C=C/[C@H](ON2C(=O)CCC2=O)CC1. The molecule has 2 atom stereocenters. The first kappa shape index (κ1) is 14.7. The largest absolute Gasteiger partial charge is 0.481 e. The summed E-state index contributed by atoms with van der Waals surface area (Å²) in [5.74, 6) is -1.47. The molecule has 1 saturated heterocycles. The highest BCUT2D eigenvalue weighted by molar-refractivity contribution is 6.00. The number of carboxylic acid groups (broad SMARTS) is 1. The van der Waals surface area contributed by atoms with Crippen molar-refractivity contribution in [3.05, 3.63) is 12.2 Å². The molecular formula is C14H19NO5. The van der Waals surface area contributed by atoms with E-state index in [0.717, 1.165) is 5.06 Å². The van der Waals surface area contributed by atoms with E-state index in [4.69, 9.17) is 4.84 Å². The number of carbonyl (C=O) groups excluding carboxylic acids is 2. The summed E-state index contributed by atoms with van der Waals surface area (Å²) in [4.78, 5) is 39.8. The molecule has 0 unspecified atom stereocenters. The average molecular weight is 281 g/mol. The summed E-state index contributed by atoms with van der Waals surface area (Å²) in [5.41, 5.74) is -0.786. The fraction of sp³-hybridized carbons (Fsp3) is 0.643. The molecule has 0 saturated carbocycles. The number of hydrogen-bond acceptors (Lipinski definition) is 4. The Balaban J connectivity index is 2.02. The minimum atomic E-state index is -0.820. The van der Waals surface area contributed by atoms with Gasteiger partial charge in [-0.3, -0.25) is 19.2 Å². The van der Waals surface area contributed by atoms with Gasteiger partial charge in [-0.15, -0.1) is 0 Å². The van der Waals surface area contributed by atoms with E-state index in [1.54, 1.807) is 13.0 Å². The van der Waals surface area contributed by atoms with Gasteiger partial charge in [0.15, 0.2) is 0 Å². The molecule has 0 bridgehead atoms. The molecule has 0 spiro atoms. The Labute approximate surface area is 117 Å². The van der Waals surface area contributed by atoms with E-state index in [-0.39, 0.29) is 24.7 Å². The zero-order valence-corrected chi connectivity index (χ0v) is 11.5. The number of allylic oxidation sites excluding steroid dienone is 1. The lowest BCUT2D eigenvalue weighted by Crippen LogP contribution is -2.35. The molecule has 1 fully saturated rings. The van der Waals surface area contributed by atoms with Crippen LogP contribution >= 0.6 is 0 Å². The first-order valence-corrected chi connectivity index (χ1v) is 6.85. The number of nitrogens with zero attached hydrogens (tertiary/aromatic N) is 1. The molecule has 6 nitrogen and oxygen atoms in total. The van der Waals surface area contributed by atoms with Crippen molar-refractivity contribution >= 4 is 17.8 Å². The topological polar surface area (TPSA) is 83.9 Å². The van der Waals surface area contributed by atoms with Gasteiger partial charge < -0.3 is 5.11 Å².